The molecule has 4 aliphatic rings. The SMILES string of the molecule is COCCn1cc(-c2ccncc2F)sc1=NC(=O)C12CC3CC(CC(C3)C1)C2. The van der Waals surface area contributed by atoms with E-state index in [0.29, 0.717) is 41.3 Å². The maximum Gasteiger partial charge on any atom is 0.254 e. The highest BCUT2D eigenvalue weighted by molar-refractivity contribution is 7.12. The Balaban J connectivity index is 1.51. The summed E-state index contributed by atoms with van der Waals surface area (Å²) < 4.78 is 21.4. The van der Waals surface area contributed by atoms with Gasteiger partial charge in [0.1, 0.15) is 5.82 Å². The van der Waals surface area contributed by atoms with Gasteiger partial charge in [-0.15, -0.1) is 0 Å². The van der Waals surface area contributed by atoms with Gasteiger partial charge in [-0.3, -0.25) is 9.78 Å². The number of carbonyl (C=O) groups is 1. The monoisotopic (exact) mass is 415 g/mol. The molecule has 0 unspecified atom stereocenters. The molecule has 2 aromatic heterocycles. The number of ether oxygens (including phenoxy) is 1. The van der Waals surface area contributed by atoms with Crippen molar-refractivity contribution in [2.75, 3.05) is 13.7 Å². The van der Waals surface area contributed by atoms with Crippen molar-refractivity contribution >= 4 is 17.2 Å². The Bertz CT molecular complexity index is 961. The van der Waals surface area contributed by atoms with E-state index in [1.165, 1.54) is 36.8 Å². The van der Waals surface area contributed by atoms with Crippen LogP contribution in [0.15, 0.2) is 29.6 Å². The third kappa shape index (κ3) is 3.48. The number of hydrogen-bond acceptors (Lipinski definition) is 4. The van der Waals surface area contributed by atoms with Crippen molar-refractivity contribution in [2.24, 2.45) is 28.2 Å². The molecule has 154 valence electrons. The van der Waals surface area contributed by atoms with E-state index in [1.54, 1.807) is 19.4 Å². The van der Waals surface area contributed by atoms with Gasteiger partial charge >= 0.3 is 0 Å². The molecule has 0 saturated heterocycles. The molecule has 1 amide bonds. The number of methoxy groups -OCH3 is 1. The van der Waals surface area contributed by atoms with Gasteiger partial charge in [0.2, 0.25) is 0 Å². The molecule has 29 heavy (non-hydrogen) atoms. The van der Waals surface area contributed by atoms with Gasteiger partial charge in [0.15, 0.2) is 4.80 Å². The van der Waals surface area contributed by atoms with Crippen LogP contribution in [0.5, 0.6) is 0 Å². The van der Waals surface area contributed by atoms with Crippen molar-refractivity contribution < 1.29 is 13.9 Å². The first-order chi connectivity index (χ1) is 14.1. The van der Waals surface area contributed by atoms with Gasteiger partial charge in [0, 0.05) is 31.6 Å². The van der Waals surface area contributed by atoms with Crippen molar-refractivity contribution in [1.82, 2.24) is 9.55 Å². The molecule has 0 spiro atoms. The number of pyridine rings is 1. The number of halogens is 1. The molecule has 4 aliphatic carbocycles. The second-order valence-corrected chi connectivity index (χ2v) is 10.0. The molecule has 5 nitrogen and oxygen atoms in total. The Labute approximate surface area is 173 Å². The van der Waals surface area contributed by atoms with Crippen LogP contribution in [-0.2, 0) is 16.1 Å². The number of amides is 1. The average molecular weight is 416 g/mol. The van der Waals surface area contributed by atoms with Gasteiger partial charge < -0.3 is 9.30 Å². The molecule has 0 radical (unpaired) electrons. The molecule has 0 N–H and O–H groups in total. The highest BCUT2D eigenvalue weighted by atomic mass is 32.1. The molecular formula is C22H26FN3O2S. The predicted molar refractivity (Wildman–Crippen MR) is 109 cm³/mol. The number of aromatic nitrogens is 2. The second kappa shape index (κ2) is 7.43. The van der Waals surface area contributed by atoms with E-state index in [2.05, 4.69) is 9.98 Å². The molecule has 2 aromatic rings. The largest absolute Gasteiger partial charge is 0.383 e. The Morgan fingerprint density at radius 3 is 2.62 bits per heavy atom. The van der Waals surface area contributed by atoms with Crippen LogP contribution in [0.25, 0.3) is 10.4 Å². The molecule has 0 aromatic carbocycles. The fourth-order valence-electron chi connectivity index (χ4n) is 6.09. The van der Waals surface area contributed by atoms with Crippen LogP contribution in [0.1, 0.15) is 38.5 Å². The van der Waals surface area contributed by atoms with Gasteiger partial charge in [-0.1, -0.05) is 11.3 Å². The van der Waals surface area contributed by atoms with Gasteiger partial charge in [-0.05, 0) is 62.3 Å². The van der Waals surface area contributed by atoms with Crippen LogP contribution in [0.2, 0.25) is 0 Å². The molecule has 0 atom stereocenters. The van der Waals surface area contributed by atoms with Crippen molar-refractivity contribution in [3.63, 3.8) is 0 Å². The van der Waals surface area contributed by atoms with E-state index >= 15 is 0 Å². The maximum absolute atomic E-state index is 14.2. The first kappa shape index (κ1) is 19.1. The summed E-state index contributed by atoms with van der Waals surface area (Å²) in [5.74, 6) is 1.76. The minimum atomic E-state index is -0.369. The molecule has 6 rings (SSSR count). The first-order valence-corrected chi connectivity index (χ1v) is 11.3. The summed E-state index contributed by atoms with van der Waals surface area (Å²) in [6.45, 7) is 1.08. The summed E-state index contributed by atoms with van der Waals surface area (Å²) in [4.78, 5) is 23.3. The minimum absolute atomic E-state index is 0.0337. The fourth-order valence-corrected chi connectivity index (χ4v) is 7.14. The topological polar surface area (TPSA) is 56.5 Å². The van der Waals surface area contributed by atoms with E-state index in [9.17, 15) is 9.18 Å². The van der Waals surface area contributed by atoms with E-state index < -0.39 is 0 Å². The van der Waals surface area contributed by atoms with Crippen LogP contribution >= 0.6 is 11.3 Å². The van der Waals surface area contributed by atoms with Crippen molar-refractivity contribution in [3.05, 3.63) is 35.3 Å². The number of thiazole rings is 1. The highest BCUT2D eigenvalue weighted by Gasteiger charge is 2.54. The quantitative estimate of drug-likeness (QED) is 0.741. The molecule has 4 bridgehead atoms. The third-order valence-electron chi connectivity index (χ3n) is 6.98. The molecule has 0 aliphatic heterocycles. The number of carbonyl (C=O) groups excluding carboxylic acids is 1. The highest BCUT2D eigenvalue weighted by Crippen LogP contribution is 2.60. The van der Waals surface area contributed by atoms with E-state index in [-0.39, 0.29) is 17.1 Å². The minimum Gasteiger partial charge on any atom is -0.383 e. The van der Waals surface area contributed by atoms with Gasteiger partial charge in [-0.25, -0.2) is 4.39 Å². The van der Waals surface area contributed by atoms with E-state index in [0.717, 1.165) is 24.1 Å². The Morgan fingerprint density at radius 2 is 2.00 bits per heavy atom. The maximum atomic E-state index is 14.2. The van der Waals surface area contributed by atoms with Crippen molar-refractivity contribution in [3.8, 4) is 10.4 Å². The van der Waals surface area contributed by atoms with E-state index in [1.807, 2.05) is 10.8 Å². The van der Waals surface area contributed by atoms with Gasteiger partial charge in [-0.2, -0.15) is 4.99 Å². The average Bonchev–Trinajstić information content (AvgIpc) is 3.08. The van der Waals surface area contributed by atoms with E-state index in [4.69, 9.17) is 4.74 Å². The van der Waals surface area contributed by atoms with Gasteiger partial charge in [0.25, 0.3) is 5.91 Å². The van der Waals surface area contributed by atoms with Crippen LogP contribution < -0.4 is 4.80 Å². The summed E-state index contributed by atoms with van der Waals surface area (Å²) in [7, 11) is 1.65. The molecule has 4 saturated carbocycles. The zero-order valence-corrected chi connectivity index (χ0v) is 17.5. The lowest BCUT2D eigenvalue weighted by molar-refractivity contribution is -0.142. The summed E-state index contributed by atoms with van der Waals surface area (Å²) in [6.07, 6.45) is 11.5. The van der Waals surface area contributed by atoms with Crippen LogP contribution in [0.3, 0.4) is 0 Å². The molecule has 2 heterocycles. The number of hydrogen-bond donors (Lipinski definition) is 0. The molecule has 4 fully saturated rings. The second-order valence-electron chi connectivity index (χ2n) is 9.03. The normalized spacial score (nSPS) is 30.8. The third-order valence-corrected chi connectivity index (χ3v) is 8.04. The fraction of sp³-hybridized carbons (Fsp3) is 0.591. The standard InChI is InChI=1S/C22H26FN3O2S/c1-28-5-4-26-13-19(17-2-3-24-12-18(17)23)29-21(26)25-20(27)22-9-14-6-15(10-22)8-16(7-14)11-22/h2-3,12-16H,4-11H2,1H3. The summed E-state index contributed by atoms with van der Waals surface area (Å²) >= 11 is 1.36. The van der Waals surface area contributed by atoms with Gasteiger partial charge in [0.05, 0.1) is 23.1 Å². The molecular weight excluding hydrogens is 389 g/mol. The Hall–Kier alpha value is -1.86. The van der Waals surface area contributed by atoms with Crippen molar-refractivity contribution in [1.29, 1.82) is 0 Å². The van der Waals surface area contributed by atoms with Crippen LogP contribution in [-0.4, -0.2) is 29.2 Å². The lowest BCUT2D eigenvalue weighted by Crippen LogP contribution is -2.49. The van der Waals surface area contributed by atoms with Crippen molar-refractivity contribution in [2.45, 2.75) is 45.1 Å². The summed E-state index contributed by atoms with van der Waals surface area (Å²) in [5, 5.41) is 0. The predicted octanol–water partition coefficient (Wildman–Crippen LogP) is 4.04. The number of nitrogens with zero attached hydrogens (tertiary/aromatic N) is 3. The summed E-state index contributed by atoms with van der Waals surface area (Å²) in [6, 6.07) is 1.66. The Morgan fingerprint density at radius 1 is 1.31 bits per heavy atom. The zero-order valence-electron chi connectivity index (χ0n) is 16.6. The zero-order chi connectivity index (χ0) is 20.0. The Kier molecular flexibility index (Phi) is 4.90. The van der Waals surface area contributed by atoms with Crippen LogP contribution in [0, 0.1) is 29.0 Å². The van der Waals surface area contributed by atoms with Crippen LogP contribution in [0.4, 0.5) is 4.39 Å². The molecule has 7 heteroatoms. The lowest BCUT2D eigenvalue weighted by Gasteiger charge is -2.55. The number of rotatable bonds is 5. The lowest BCUT2D eigenvalue weighted by atomic mass is 9.49. The smallest absolute Gasteiger partial charge is 0.254 e. The first-order valence-electron chi connectivity index (χ1n) is 10.4. The summed E-state index contributed by atoms with van der Waals surface area (Å²) in [5.41, 5.74) is 0.222.